The summed E-state index contributed by atoms with van der Waals surface area (Å²) in [6.07, 6.45) is 3.48. The molecule has 1 unspecified atom stereocenters. The number of guanidine groups is 1. The smallest absolute Gasteiger partial charge is 0.310 e. The van der Waals surface area contributed by atoms with E-state index in [2.05, 4.69) is 27.4 Å². The van der Waals surface area contributed by atoms with Crippen molar-refractivity contribution in [2.45, 2.75) is 39.2 Å². The van der Waals surface area contributed by atoms with Gasteiger partial charge < -0.3 is 20.3 Å². The molecule has 0 aromatic carbocycles. The molecule has 0 aromatic heterocycles. The number of carbonyl (C=O) groups is 1. The van der Waals surface area contributed by atoms with E-state index in [1.807, 2.05) is 6.92 Å². The summed E-state index contributed by atoms with van der Waals surface area (Å²) >= 11 is 0. The second kappa shape index (κ2) is 9.60. The van der Waals surface area contributed by atoms with Crippen molar-refractivity contribution in [3.63, 3.8) is 0 Å². The fourth-order valence-electron chi connectivity index (χ4n) is 2.54. The normalized spacial score (nSPS) is 19.1. The number of nitrogens with one attached hydrogen (secondary N) is 2. The van der Waals surface area contributed by atoms with Crippen LogP contribution in [0.3, 0.4) is 0 Å². The Morgan fingerprint density at radius 3 is 2.62 bits per heavy atom. The monoisotopic (exact) mass is 298 g/mol. The molecular weight excluding hydrogens is 268 g/mol. The molecule has 122 valence electrons. The molecule has 6 nitrogen and oxygen atoms in total. The Morgan fingerprint density at radius 2 is 2.10 bits per heavy atom. The highest BCUT2D eigenvalue weighted by Gasteiger charge is 2.20. The third-order valence-corrected chi connectivity index (χ3v) is 3.87. The Balaban J connectivity index is 2.30. The van der Waals surface area contributed by atoms with E-state index >= 15 is 0 Å². The van der Waals surface area contributed by atoms with Crippen LogP contribution in [0.1, 0.15) is 33.1 Å². The first-order valence-corrected chi connectivity index (χ1v) is 7.88. The summed E-state index contributed by atoms with van der Waals surface area (Å²) in [7, 11) is 3.17. The molecule has 0 saturated carbocycles. The second-order valence-electron chi connectivity index (χ2n) is 5.64. The number of nitrogens with zero attached hydrogens (tertiary/aromatic N) is 2. The summed E-state index contributed by atoms with van der Waals surface area (Å²) in [6.45, 7) is 8.06. The van der Waals surface area contributed by atoms with Crippen molar-refractivity contribution in [3.8, 4) is 0 Å². The fraction of sp³-hybridized carbons (Fsp3) is 0.867. The van der Waals surface area contributed by atoms with Gasteiger partial charge in [0.2, 0.25) is 0 Å². The molecule has 2 N–H and O–H groups in total. The van der Waals surface area contributed by atoms with Gasteiger partial charge in [0.05, 0.1) is 13.0 Å². The van der Waals surface area contributed by atoms with Crippen LogP contribution in [0.15, 0.2) is 4.99 Å². The number of piperidine rings is 1. The lowest BCUT2D eigenvalue weighted by Gasteiger charge is -2.32. The quantitative estimate of drug-likeness (QED) is 0.432. The van der Waals surface area contributed by atoms with Gasteiger partial charge >= 0.3 is 5.97 Å². The maximum atomic E-state index is 11.4. The molecule has 21 heavy (non-hydrogen) atoms. The summed E-state index contributed by atoms with van der Waals surface area (Å²) in [5.41, 5.74) is 0. The van der Waals surface area contributed by atoms with Crippen LogP contribution in [0.2, 0.25) is 0 Å². The third kappa shape index (κ3) is 6.33. The minimum absolute atomic E-state index is 0.181. The maximum absolute atomic E-state index is 11.4. The van der Waals surface area contributed by atoms with Crippen molar-refractivity contribution in [3.05, 3.63) is 0 Å². The molecule has 0 radical (unpaired) electrons. The van der Waals surface area contributed by atoms with Gasteiger partial charge in [-0.15, -0.1) is 0 Å². The summed E-state index contributed by atoms with van der Waals surface area (Å²) < 4.78 is 4.72. The topological polar surface area (TPSA) is 66.0 Å². The van der Waals surface area contributed by atoms with Crippen molar-refractivity contribution in [1.29, 1.82) is 0 Å². The number of methoxy groups -OCH3 is 1. The zero-order valence-corrected chi connectivity index (χ0v) is 13.8. The first-order chi connectivity index (χ1) is 10.1. The van der Waals surface area contributed by atoms with E-state index in [0.29, 0.717) is 12.6 Å². The van der Waals surface area contributed by atoms with Gasteiger partial charge in [0.1, 0.15) is 0 Å². The number of ether oxygens (including phenoxy) is 1. The Hall–Kier alpha value is -1.30. The minimum Gasteiger partial charge on any atom is -0.469 e. The lowest BCUT2D eigenvalue weighted by atomic mass is 10.1. The van der Waals surface area contributed by atoms with E-state index < -0.39 is 0 Å². The summed E-state index contributed by atoms with van der Waals surface area (Å²) in [5.74, 6) is 0.380. The van der Waals surface area contributed by atoms with Crippen LogP contribution in [0.25, 0.3) is 0 Å². The van der Waals surface area contributed by atoms with E-state index in [9.17, 15) is 4.79 Å². The first kappa shape index (κ1) is 17.8. The second-order valence-corrected chi connectivity index (χ2v) is 5.64. The van der Waals surface area contributed by atoms with Gasteiger partial charge in [-0.3, -0.25) is 9.79 Å². The van der Waals surface area contributed by atoms with Crippen molar-refractivity contribution < 1.29 is 9.53 Å². The largest absolute Gasteiger partial charge is 0.469 e. The van der Waals surface area contributed by atoms with Gasteiger partial charge in [-0.05, 0) is 25.8 Å². The summed E-state index contributed by atoms with van der Waals surface area (Å²) in [5, 5.41) is 6.63. The number of carbonyl (C=O) groups excluding carboxylic acids is 1. The van der Waals surface area contributed by atoms with E-state index in [1.54, 1.807) is 7.05 Å². The zero-order valence-electron chi connectivity index (χ0n) is 13.8. The highest BCUT2D eigenvalue weighted by molar-refractivity contribution is 5.81. The molecule has 1 saturated heterocycles. The highest BCUT2D eigenvalue weighted by atomic mass is 16.5. The Labute approximate surface area is 128 Å². The molecule has 1 aliphatic heterocycles. The van der Waals surface area contributed by atoms with Crippen LogP contribution in [-0.2, 0) is 9.53 Å². The predicted octanol–water partition coefficient (Wildman–Crippen LogP) is 0.835. The van der Waals surface area contributed by atoms with Gasteiger partial charge in [-0.1, -0.05) is 13.8 Å². The number of hydrogen-bond acceptors (Lipinski definition) is 4. The van der Waals surface area contributed by atoms with Crippen molar-refractivity contribution in [2.75, 3.05) is 40.3 Å². The van der Waals surface area contributed by atoms with Gasteiger partial charge in [-0.25, -0.2) is 0 Å². The molecule has 0 bridgehead atoms. The predicted molar refractivity (Wildman–Crippen MR) is 85.4 cm³/mol. The van der Waals surface area contributed by atoms with Crippen molar-refractivity contribution in [2.24, 2.45) is 10.9 Å². The lowest BCUT2D eigenvalue weighted by Crippen LogP contribution is -2.49. The third-order valence-electron chi connectivity index (χ3n) is 3.87. The molecule has 1 aliphatic rings. The van der Waals surface area contributed by atoms with E-state index in [1.165, 1.54) is 20.1 Å². The molecule has 0 spiro atoms. The number of rotatable bonds is 6. The van der Waals surface area contributed by atoms with Crippen LogP contribution < -0.4 is 10.6 Å². The van der Waals surface area contributed by atoms with Gasteiger partial charge in [0.15, 0.2) is 5.96 Å². The van der Waals surface area contributed by atoms with E-state index in [4.69, 9.17) is 4.74 Å². The number of esters is 1. The standard InChI is InChI=1S/C15H30N4O2/c1-5-8-19-9-6-13(7-10-19)18-15(16-3)17-11-12(2)14(20)21-4/h12-13H,5-11H2,1-4H3,(H2,16,17,18). The van der Waals surface area contributed by atoms with Crippen LogP contribution >= 0.6 is 0 Å². The SMILES string of the molecule is CCCN1CCC(NC(=NC)NCC(C)C(=O)OC)CC1. The van der Waals surface area contributed by atoms with Gasteiger partial charge in [-0.2, -0.15) is 0 Å². The molecule has 1 fully saturated rings. The molecule has 0 aliphatic carbocycles. The molecule has 0 aromatic rings. The van der Waals surface area contributed by atoms with Gasteiger partial charge in [0.25, 0.3) is 0 Å². The molecule has 1 atom stereocenters. The van der Waals surface area contributed by atoms with Gasteiger partial charge in [0, 0.05) is 32.7 Å². The average Bonchev–Trinajstić information content (AvgIpc) is 2.52. The average molecular weight is 298 g/mol. The Bertz CT molecular complexity index is 339. The van der Waals surface area contributed by atoms with Crippen molar-refractivity contribution in [1.82, 2.24) is 15.5 Å². The number of aliphatic imine (C=N–C) groups is 1. The Morgan fingerprint density at radius 1 is 1.43 bits per heavy atom. The molecule has 1 heterocycles. The van der Waals surface area contributed by atoms with E-state index in [-0.39, 0.29) is 11.9 Å². The molecule has 0 amide bonds. The van der Waals surface area contributed by atoms with Crippen molar-refractivity contribution >= 4 is 11.9 Å². The first-order valence-electron chi connectivity index (χ1n) is 7.88. The maximum Gasteiger partial charge on any atom is 0.310 e. The molecule has 6 heteroatoms. The fourth-order valence-corrected chi connectivity index (χ4v) is 2.54. The van der Waals surface area contributed by atoms with Crippen LogP contribution in [0.5, 0.6) is 0 Å². The van der Waals surface area contributed by atoms with Crippen LogP contribution in [-0.4, -0.2) is 63.2 Å². The Kier molecular flexibility index (Phi) is 8.12. The van der Waals surface area contributed by atoms with E-state index in [0.717, 1.165) is 31.9 Å². The number of hydrogen-bond donors (Lipinski definition) is 2. The minimum atomic E-state index is -0.203. The molecule has 1 rings (SSSR count). The molecular formula is C15H30N4O2. The lowest BCUT2D eigenvalue weighted by molar-refractivity contribution is -0.144. The number of likely N-dealkylation sites (tertiary alicyclic amines) is 1. The highest BCUT2D eigenvalue weighted by Crippen LogP contribution is 2.10. The van der Waals surface area contributed by atoms with Crippen LogP contribution in [0.4, 0.5) is 0 Å². The zero-order chi connectivity index (χ0) is 15.7. The van der Waals surface area contributed by atoms with Crippen LogP contribution in [0, 0.1) is 5.92 Å². The summed E-state index contributed by atoms with van der Waals surface area (Å²) in [4.78, 5) is 18.1. The summed E-state index contributed by atoms with van der Waals surface area (Å²) in [6, 6.07) is 0.456.